The van der Waals surface area contributed by atoms with Crippen LogP contribution in [0.2, 0.25) is 0 Å². The Morgan fingerprint density at radius 3 is 2.67 bits per heavy atom. The molecule has 0 aliphatic carbocycles. The van der Waals surface area contributed by atoms with E-state index in [-0.39, 0.29) is 6.42 Å². The lowest BCUT2D eigenvalue weighted by Gasteiger charge is -2.03. The molecule has 0 spiro atoms. The van der Waals surface area contributed by atoms with Crippen LogP contribution in [0.5, 0.6) is 0 Å². The molecule has 0 atom stereocenters. The number of nitrogens with zero attached hydrogens (tertiary/aromatic N) is 1. The van der Waals surface area contributed by atoms with Crippen molar-refractivity contribution in [1.82, 2.24) is 4.98 Å². The molecule has 3 nitrogen and oxygen atoms in total. The van der Waals surface area contributed by atoms with Crippen LogP contribution in [0.4, 0.5) is 0 Å². The summed E-state index contributed by atoms with van der Waals surface area (Å²) in [6.45, 7) is 2.15. The van der Waals surface area contributed by atoms with E-state index in [4.69, 9.17) is 5.11 Å². The van der Waals surface area contributed by atoms with E-state index in [1.807, 2.05) is 12.1 Å². The second-order valence-electron chi connectivity index (χ2n) is 4.14. The summed E-state index contributed by atoms with van der Waals surface area (Å²) in [7, 11) is 0. The van der Waals surface area contributed by atoms with Crippen molar-refractivity contribution < 1.29 is 9.90 Å². The minimum absolute atomic E-state index is 0.0384. The molecule has 1 N–H and O–H groups in total. The molecular weight excluding hydrogens is 246 g/mol. The number of aromatic nitrogens is 1. The molecule has 4 heteroatoms. The zero-order valence-electron chi connectivity index (χ0n) is 10.2. The van der Waals surface area contributed by atoms with Gasteiger partial charge in [0.2, 0.25) is 0 Å². The van der Waals surface area contributed by atoms with Crippen LogP contribution in [-0.4, -0.2) is 16.1 Å². The second kappa shape index (κ2) is 5.78. The van der Waals surface area contributed by atoms with E-state index in [9.17, 15) is 4.79 Å². The van der Waals surface area contributed by atoms with Crippen molar-refractivity contribution in [3.05, 3.63) is 40.2 Å². The number of carbonyl (C=O) groups is 1. The van der Waals surface area contributed by atoms with Crippen molar-refractivity contribution in [1.29, 1.82) is 0 Å². The molecule has 0 amide bonds. The lowest BCUT2D eigenvalue weighted by molar-refractivity contribution is -0.136. The average molecular weight is 261 g/mol. The van der Waals surface area contributed by atoms with Gasteiger partial charge in [0.15, 0.2) is 0 Å². The number of rotatable bonds is 5. The van der Waals surface area contributed by atoms with Gasteiger partial charge in [-0.05, 0) is 12.0 Å². The van der Waals surface area contributed by atoms with Crippen molar-refractivity contribution in [3.63, 3.8) is 0 Å². The third-order valence-corrected chi connectivity index (χ3v) is 3.55. The summed E-state index contributed by atoms with van der Waals surface area (Å²) < 4.78 is 0. The Morgan fingerprint density at radius 2 is 2.06 bits per heavy atom. The molecule has 0 aliphatic rings. The van der Waals surface area contributed by atoms with Crippen LogP contribution in [0.1, 0.15) is 23.8 Å². The molecule has 0 bridgehead atoms. The van der Waals surface area contributed by atoms with Gasteiger partial charge in [0.25, 0.3) is 0 Å². The Bertz CT molecular complexity index is 531. The summed E-state index contributed by atoms with van der Waals surface area (Å²) in [4.78, 5) is 15.8. The van der Waals surface area contributed by atoms with Gasteiger partial charge < -0.3 is 5.11 Å². The van der Waals surface area contributed by atoms with E-state index in [1.54, 1.807) is 5.51 Å². The maximum absolute atomic E-state index is 10.8. The molecule has 0 radical (unpaired) electrons. The fourth-order valence-corrected chi connectivity index (χ4v) is 2.66. The van der Waals surface area contributed by atoms with Crippen LogP contribution in [-0.2, 0) is 17.6 Å². The summed E-state index contributed by atoms with van der Waals surface area (Å²) in [5.74, 6) is -0.817. The van der Waals surface area contributed by atoms with E-state index >= 15 is 0 Å². The second-order valence-corrected chi connectivity index (χ2v) is 5.08. The van der Waals surface area contributed by atoms with E-state index in [2.05, 4.69) is 24.0 Å². The third kappa shape index (κ3) is 2.96. The van der Waals surface area contributed by atoms with Gasteiger partial charge in [-0.3, -0.25) is 4.79 Å². The highest BCUT2D eigenvalue weighted by Gasteiger charge is 2.11. The fraction of sp³-hybridized carbons (Fsp3) is 0.286. The molecule has 1 aromatic heterocycles. The average Bonchev–Trinajstić information content (AvgIpc) is 2.78. The Hall–Kier alpha value is -1.68. The first-order chi connectivity index (χ1) is 8.70. The summed E-state index contributed by atoms with van der Waals surface area (Å²) in [5.41, 5.74) is 4.79. The van der Waals surface area contributed by atoms with Crippen molar-refractivity contribution in [2.24, 2.45) is 0 Å². The van der Waals surface area contributed by atoms with Crippen LogP contribution in [0.25, 0.3) is 11.3 Å². The van der Waals surface area contributed by atoms with Crippen molar-refractivity contribution in [2.45, 2.75) is 26.2 Å². The molecule has 0 saturated carbocycles. The molecular formula is C14H15NO2S. The minimum atomic E-state index is -0.817. The molecule has 1 heterocycles. The summed E-state index contributed by atoms with van der Waals surface area (Å²) >= 11 is 1.40. The quantitative estimate of drug-likeness (QED) is 0.897. The molecule has 94 valence electrons. The first-order valence-electron chi connectivity index (χ1n) is 5.94. The van der Waals surface area contributed by atoms with Crippen LogP contribution >= 0.6 is 11.3 Å². The van der Waals surface area contributed by atoms with Gasteiger partial charge in [0.05, 0.1) is 17.6 Å². The van der Waals surface area contributed by atoms with Crippen LogP contribution in [0, 0.1) is 0 Å². The largest absolute Gasteiger partial charge is 0.481 e. The van der Waals surface area contributed by atoms with E-state index in [0.29, 0.717) is 0 Å². The Labute approximate surface area is 110 Å². The zero-order chi connectivity index (χ0) is 13.0. The van der Waals surface area contributed by atoms with Crippen LogP contribution in [0.3, 0.4) is 0 Å². The number of carboxylic acids is 1. The standard InChI is InChI=1S/C14H15NO2S/c1-2-3-10-4-6-11(7-5-10)14-12(8-13(16)17)18-9-15-14/h4-7,9H,2-3,8H2,1H3,(H,16,17). The molecule has 2 aromatic rings. The Morgan fingerprint density at radius 1 is 1.33 bits per heavy atom. The maximum Gasteiger partial charge on any atom is 0.308 e. The number of hydrogen-bond donors (Lipinski definition) is 1. The SMILES string of the molecule is CCCc1ccc(-c2ncsc2CC(=O)O)cc1. The fourth-order valence-electron chi connectivity index (χ4n) is 1.89. The lowest BCUT2D eigenvalue weighted by Crippen LogP contribution is -1.99. The smallest absolute Gasteiger partial charge is 0.308 e. The molecule has 0 saturated heterocycles. The van der Waals surface area contributed by atoms with Gasteiger partial charge in [0.1, 0.15) is 0 Å². The number of aryl methyl sites for hydroxylation is 1. The van der Waals surface area contributed by atoms with Gasteiger partial charge in [-0.1, -0.05) is 37.6 Å². The van der Waals surface area contributed by atoms with Gasteiger partial charge in [-0.15, -0.1) is 11.3 Å². The van der Waals surface area contributed by atoms with Gasteiger partial charge in [-0.2, -0.15) is 0 Å². The Balaban J connectivity index is 2.25. The molecule has 0 aliphatic heterocycles. The topological polar surface area (TPSA) is 50.2 Å². The highest BCUT2D eigenvalue weighted by atomic mass is 32.1. The third-order valence-electron chi connectivity index (χ3n) is 2.72. The number of aliphatic carboxylic acids is 1. The van der Waals surface area contributed by atoms with Crippen LogP contribution in [0.15, 0.2) is 29.8 Å². The minimum Gasteiger partial charge on any atom is -0.481 e. The van der Waals surface area contributed by atoms with Crippen LogP contribution < -0.4 is 0 Å². The molecule has 2 rings (SSSR count). The highest BCUT2D eigenvalue weighted by molar-refractivity contribution is 7.10. The summed E-state index contributed by atoms with van der Waals surface area (Å²) in [6.07, 6.45) is 2.23. The first kappa shape index (κ1) is 12.8. The maximum atomic E-state index is 10.8. The first-order valence-corrected chi connectivity index (χ1v) is 6.82. The normalized spacial score (nSPS) is 10.5. The van der Waals surface area contributed by atoms with E-state index < -0.39 is 5.97 Å². The van der Waals surface area contributed by atoms with Gasteiger partial charge in [0, 0.05) is 10.4 Å². The van der Waals surface area contributed by atoms with Gasteiger partial charge in [-0.25, -0.2) is 4.98 Å². The lowest BCUT2D eigenvalue weighted by atomic mass is 10.0. The van der Waals surface area contributed by atoms with Crippen molar-refractivity contribution in [3.8, 4) is 11.3 Å². The monoisotopic (exact) mass is 261 g/mol. The van der Waals surface area contributed by atoms with E-state index in [1.165, 1.54) is 16.9 Å². The zero-order valence-corrected chi connectivity index (χ0v) is 11.0. The predicted molar refractivity (Wildman–Crippen MR) is 72.9 cm³/mol. The molecule has 0 unspecified atom stereocenters. The van der Waals surface area contributed by atoms with E-state index in [0.717, 1.165) is 29.0 Å². The highest BCUT2D eigenvalue weighted by Crippen LogP contribution is 2.26. The number of carboxylic acid groups (broad SMARTS) is 1. The Kier molecular flexibility index (Phi) is 4.10. The number of benzene rings is 1. The number of thiazole rings is 1. The number of hydrogen-bond acceptors (Lipinski definition) is 3. The predicted octanol–water partition coefficient (Wildman–Crippen LogP) is 3.39. The molecule has 0 fully saturated rings. The molecule has 1 aromatic carbocycles. The molecule has 18 heavy (non-hydrogen) atoms. The van der Waals surface area contributed by atoms with Crippen molar-refractivity contribution in [2.75, 3.05) is 0 Å². The van der Waals surface area contributed by atoms with Crippen molar-refractivity contribution >= 4 is 17.3 Å². The summed E-state index contributed by atoms with van der Waals surface area (Å²) in [5, 5.41) is 8.85. The van der Waals surface area contributed by atoms with Gasteiger partial charge >= 0.3 is 5.97 Å². The summed E-state index contributed by atoms with van der Waals surface area (Å²) in [6, 6.07) is 8.21.